The normalized spacial score (nSPS) is 17.2. The van der Waals surface area contributed by atoms with Gasteiger partial charge in [0.1, 0.15) is 12.7 Å². The predicted octanol–water partition coefficient (Wildman–Crippen LogP) is 4.59. The number of rotatable bonds is 6. The monoisotopic (exact) mass is 526 g/mol. The molecule has 1 aromatic carbocycles. The van der Waals surface area contributed by atoms with Crippen molar-refractivity contribution in [2.24, 2.45) is 0 Å². The van der Waals surface area contributed by atoms with Crippen molar-refractivity contribution in [2.75, 3.05) is 5.32 Å². The van der Waals surface area contributed by atoms with Crippen LogP contribution in [0, 0.1) is 6.92 Å². The lowest BCUT2D eigenvalue weighted by Gasteiger charge is -2.10. The molecule has 1 N–H and O–H groups in total. The maximum absolute atomic E-state index is 13.3. The van der Waals surface area contributed by atoms with Gasteiger partial charge in [-0.2, -0.15) is 23.3 Å². The predicted molar refractivity (Wildman–Crippen MR) is 125 cm³/mol. The molecule has 0 bridgehead atoms. The van der Waals surface area contributed by atoms with Gasteiger partial charge >= 0.3 is 6.18 Å². The van der Waals surface area contributed by atoms with E-state index in [0.29, 0.717) is 28.8 Å². The van der Waals surface area contributed by atoms with Crippen LogP contribution >= 0.6 is 0 Å². The van der Waals surface area contributed by atoms with E-state index >= 15 is 0 Å². The third-order valence-electron chi connectivity index (χ3n) is 6.22. The molecular weight excluding hydrogens is 508 g/mol. The van der Waals surface area contributed by atoms with Gasteiger partial charge in [-0.15, -0.1) is 5.10 Å². The molecule has 1 fully saturated rings. The summed E-state index contributed by atoms with van der Waals surface area (Å²) in [6, 6.07) is 8.41. The van der Waals surface area contributed by atoms with Gasteiger partial charge in [0.2, 0.25) is 11.7 Å². The minimum absolute atomic E-state index is 0.159. The van der Waals surface area contributed by atoms with Gasteiger partial charge in [0.25, 0.3) is 5.91 Å². The van der Waals surface area contributed by atoms with Crippen LogP contribution in [0.3, 0.4) is 0 Å². The van der Waals surface area contributed by atoms with E-state index in [1.165, 1.54) is 23.1 Å². The van der Waals surface area contributed by atoms with Gasteiger partial charge in [0.15, 0.2) is 0 Å². The Morgan fingerprint density at radius 1 is 1.18 bits per heavy atom. The average Bonchev–Trinajstić information content (AvgIpc) is 3.29. The Balaban J connectivity index is 1.24. The van der Waals surface area contributed by atoms with E-state index in [9.17, 15) is 22.4 Å². The van der Waals surface area contributed by atoms with Crippen LogP contribution < -0.4 is 5.32 Å². The molecule has 1 aliphatic carbocycles. The topological polar surface area (TPSA) is 116 Å². The zero-order valence-electron chi connectivity index (χ0n) is 19.6. The Labute approximate surface area is 211 Å². The molecule has 4 heterocycles. The molecule has 0 saturated heterocycles. The van der Waals surface area contributed by atoms with Gasteiger partial charge in [-0.25, -0.2) is 13.6 Å². The molecule has 14 heteroatoms. The van der Waals surface area contributed by atoms with Crippen molar-refractivity contribution in [1.82, 2.24) is 34.7 Å². The number of hydrogen-bond donors (Lipinski definition) is 1. The SMILES string of the molecule is Cc1ccc(-c2noc([C@H]3C[C@@H]3F)n2)cc1NC(=O)c1cnn2cc(-c3cnnn3CC(F)(F)F)ccc12. The zero-order valence-corrected chi connectivity index (χ0v) is 19.6. The Morgan fingerprint density at radius 3 is 2.74 bits per heavy atom. The van der Waals surface area contributed by atoms with Gasteiger partial charge in [-0.1, -0.05) is 22.5 Å². The lowest BCUT2D eigenvalue weighted by molar-refractivity contribution is -0.142. The Morgan fingerprint density at radius 2 is 1.97 bits per heavy atom. The number of nitrogens with one attached hydrogen (secondary N) is 1. The van der Waals surface area contributed by atoms with E-state index in [4.69, 9.17) is 4.52 Å². The molecule has 4 aromatic heterocycles. The number of benzene rings is 1. The molecule has 6 rings (SSSR count). The van der Waals surface area contributed by atoms with Crippen molar-refractivity contribution in [3.05, 3.63) is 65.9 Å². The summed E-state index contributed by atoms with van der Waals surface area (Å²) in [4.78, 5) is 17.4. The maximum atomic E-state index is 13.3. The first kappa shape index (κ1) is 23.8. The second-order valence-electron chi connectivity index (χ2n) is 9.00. The minimum atomic E-state index is -4.46. The first-order valence-corrected chi connectivity index (χ1v) is 11.5. The number of anilines is 1. The fraction of sp³-hybridized carbons (Fsp3) is 0.250. The number of amides is 1. The molecule has 2 atom stereocenters. The molecule has 0 unspecified atom stereocenters. The number of nitrogens with zero attached hydrogens (tertiary/aromatic N) is 7. The first-order valence-electron chi connectivity index (χ1n) is 11.5. The maximum Gasteiger partial charge on any atom is 0.408 e. The Hall–Kier alpha value is -4.62. The molecular formula is C24H18F4N8O2. The summed E-state index contributed by atoms with van der Waals surface area (Å²) in [5, 5.41) is 18.1. The first-order chi connectivity index (χ1) is 18.2. The van der Waals surface area contributed by atoms with Crippen molar-refractivity contribution in [1.29, 1.82) is 0 Å². The van der Waals surface area contributed by atoms with Gasteiger partial charge in [-0.3, -0.25) is 4.79 Å². The molecule has 1 amide bonds. The minimum Gasteiger partial charge on any atom is -0.339 e. The largest absolute Gasteiger partial charge is 0.408 e. The van der Waals surface area contributed by atoms with Crippen LogP contribution in [-0.4, -0.2) is 53.0 Å². The van der Waals surface area contributed by atoms with Gasteiger partial charge in [-0.05, 0) is 37.1 Å². The van der Waals surface area contributed by atoms with E-state index in [1.807, 2.05) is 6.92 Å². The highest BCUT2D eigenvalue weighted by Gasteiger charge is 2.43. The van der Waals surface area contributed by atoms with Crippen LogP contribution in [0.25, 0.3) is 28.2 Å². The van der Waals surface area contributed by atoms with Crippen LogP contribution in [-0.2, 0) is 6.54 Å². The van der Waals surface area contributed by atoms with Gasteiger partial charge in [0.05, 0.1) is 35.1 Å². The quantitative estimate of drug-likeness (QED) is 0.322. The summed E-state index contributed by atoms with van der Waals surface area (Å²) in [5.41, 5.74) is 3.13. The highest BCUT2D eigenvalue weighted by molar-refractivity contribution is 6.09. The van der Waals surface area contributed by atoms with Crippen LogP contribution in [0.1, 0.15) is 34.2 Å². The van der Waals surface area contributed by atoms with Crippen LogP contribution in [0.2, 0.25) is 0 Å². The van der Waals surface area contributed by atoms with E-state index in [0.717, 1.165) is 10.2 Å². The molecule has 1 saturated carbocycles. The summed E-state index contributed by atoms with van der Waals surface area (Å²) in [7, 11) is 0. The Kier molecular flexibility index (Phi) is 5.47. The zero-order chi connectivity index (χ0) is 26.6. The smallest absolute Gasteiger partial charge is 0.339 e. The summed E-state index contributed by atoms with van der Waals surface area (Å²) in [6.07, 6.45) is -0.956. The average molecular weight is 526 g/mol. The molecule has 10 nitrogen and oxygen atoms in total. The van der Waals surface area contributed by atoms with Crippen LogP contribution in [0.15, 0.2) is 53.4 Å². The second-order valence-corrected chi connectivity index (χ2v) is 9.00. The fourth-order valence-corrected chi connectivity index (χ4v) is 4.09. The number of aryl methyl sites for hydroxylation is 1. The van der Waals surface area contributed by atoms with Crippen molar-refractivity contribution in [2.45, 2.75) is 38.2 Å². The van der Waals surface area contributed by atoms with Crippen LogP contribution in [0.4, 0.5) is 23.2 Å². The number of carbonyl (C=O) groups excluding carboxylic acids is 1. The molecule has 1 aliphatic rings. The Bertz CT molecular complexity index is 1670. The molecule has 5 aromatic rings. The summed E-state index contributed by atoms with van der Waals surface area (Å²) in [6.45, 7) is 0.535. The summed E-state index contributed by atoms with van der Waals surface area (Å²) in [5.74, 6) is -0.263. The van der Waals surface area contributed by atoms with Crippen molar-refractivity contribution in [3.63, 3.8) is 0 Å². The fourth-order valence-electron chi connectivity index (χ4n) is 4.09. The molecule has 38 heavy (non-hydrogen) atoms. The van der Waals surface area contributed by atoms with E-state index in [-0.39, 0.29) is 28.9 Å². The number of halogens is 4. The summed E-state index contributed by atoms with van der Waals surface area (Å²) < 4.78 is 59.2. The highest BCUT2D eigenvalue weighted by Crippen LogP contribution is 2.43. The number of hydrogen-bond acceptors (Lipinski definition) is 7. The molecule has 0 spiro atoms. The standard InChI is InChI=1S/C24H18F4N8O2/c1-12-2-3-13(21-32-23(38-33-21)15-7-17(15)25)6-18(12)31-22(37)16-8-30-35-10-14(4-5-19(16)35)20-9-29-34-36(20)11-24(26,27)28/h2-6,8-10,15,17H,7,11H2,1H3,(H,31,37)/t15-,17-/m0/s1. The number of alkyl halides is 4. The van der Waals surface area contributed by atoms with Crippen molar-refractivity contribution >= 4 is 17.1 Å². The number of pyridine rings is 1. The van der Waals surface area contributed by atoms with E-state index in [2.05, 4.69) is 30.9 Å². The van der Waals surface area contributed by atoms with Crippen LogP contribution in [0.5, 0.6) is 0 Å². The third kappa shape index (κ3) is 4.48. The van der Waals surface area contributed by atoms with Crippen molar-refractivity contribution < 1.29 is 26.9 Å². The number of fused-ring (bicyclic) bond motifs is 1. The molecule has 0 aliphatic heterocycles. The molecule has 194 valence electrons. The summed E-state index contributed by atoms with van der Waals surface area (Å²) >= 11 is 0. The highest BCUT2D eigenvalue weighted by atomic mass is 19.4. The third-order valence-corrected chi connectivity index (χ3v) is 6.22. The van der Waals surface area contributed by atoms with Crippen molar-refractivity contribution in [3.8, 4) is 22.6 Å². The number of carbonyl (C=O) groups is 1. The molecule has 0 radical (unpaired) electrons. The second kappa shape index (κ2) is 8.75. The van der Waals surface area contributed by atoms with Gasteiger partial charge in [0, 0.05) is 23.0 Å². The van der Waals surface area contributed by atoms with Gasteiger partial charge < -0.3 is 9.84 Å². The lowest BCUT2D eigenvalue weighted by Crippen LogP contribution is -2.19. The van der Waals surface area contributed by atoms with E-state index < -0.39 is 24.8 Å². The number of aromatic nitrogens is 7. The van der Waals surface area contributed by atoms with E-state index in [1.54, 1.807) is 30.3 Å². The lowest BCUT2D eigenvalue weighted by atomic mass is 10.1.